The second-order valence-electron chi connectivity index (χ2n) is 6.31. The standard InChI is InChI=1S/C20H20N2O2/c1-21-9-11-22(12-10-21)16-7-8-17-18(23)14-19(24-20(17)13-16)15-5-3-2-4-6-15/h2-8,13-14H,9-12H2,1H3. The van der Waals surface area contributed by atoms with Gasteiger partial charge in [-0.1, -0.05) is 30.3 Å². The molecule has 0 N–H and O–H groups in total. The average Bonchev–Trinajstić information content (AvgIpc) is 2.62. The van der Waals surface area contributed by atoms with Crippen molar-refractivity contribution in [2.45, 2.75) is 0 Å². The highest BCUT2D eigenvalue weighted by atomic mass is 16.3. The number of nitrogens with zero attached hydrogens (tertiary/aromatic N) is 2. The van der Waals surface area contributed by atoms with Crippen LogP contribution in [0.5, 0.6) is 0 Å². The lowest BCUT2D eigenvalue weighted by atomic mass is 10.1. The van der Waals surface area contributed by atoms with Crippen molar-refractivity contribution in [1.82, 2.24) is 4.90 Å². The van der Waals surface area contributed by atoms with Crippen molar-refractivity contribution in [1.29, 1.82) is 0 Å². The smallest absolute Gasteiger partial charge is 0.193 e. The zero-order chi connectivity index (χ0) is 16.5. The van der Waals surface area contributed by atoms with Crippen LogP contribution in [0.15, 0.2) is 63.8 Å². The summed E-state index contributed by atoms with van der Waals surface area (Å²) < 4.78 is 6.04. The quantitative estimate of drug-likeness (QED) is 0.726. The van der Waals surface area contributed by atoms with Gasteiger partial charge < -0.3 is 14.2 Å². The minimum Gasteiger partial charge on any atom is -0.456 e. The number of fused-ring (bicyclic) bond motifs is 1. The molecule has 0 radical (unpaired) electrons. The largest absolute Gasteiger partial charge is 0.456 e. The summed E-state index contributed by atoms with van der Waals surface area (Å²) in [6.45, 7) is 4.08. The van der Waals surface area contributed by atoms with Crippen molar-refractivity contribution in [3.63, 3.8) is 0 Å². The Labute approximate surface area is 140 Å². The molecule has 3 aromatic rings. The van der Waals surface area contributed by atoms with Crippen LogP contribution in [-0.4, -0.2) is 38.1 Å². The van der Waals surface area contributed by atoms with Crippen LogP contribution in [0.2, 0.25) is 0 Å². The fraction of sp³-hybridized carbons (Fsp3) is 0.250. The third-order valence-electron chi connectivity index (χ3n) is 4.64. The van der Waals surface area contributed by atoms with Gasteiger partial charge in [-0.25, -0.2) is 0 Å². The maximum atomic E-state index is 12.4. The highest BCUT2D eigenvalue weighted by Gasteiger charge is 2.15. The topological polar surface area (TPSA) is 36.7 Å². The number of rotatable bonds is 2. The number of anilines is 1. The van der Waals surface area contributed by atoms with Crippen molar-refractivity contribution in [2.24, 2.45) is 0 Å². The first kappa shape index (κ1) is 15.0. The third kappa shape index (κ3) is 2.81. The van der Waals surface area contributed by atoms with E-state index in [1.165, 1.54) is 0 Å². The highest BCUT2D eigenvalue weighted by molar-refractivity contribution is 5.82. The Kier molecular flexibility index (Phi) is 3.82. The van der Waals surface area contributed by atoms with Crippen LogP contribution in [0.1, 0.15) is 0 Å². The van der Waals surface area contributed by atoms with E-state index >= 15 is 0 Å². The van der Waals surface area contributed by atoms with E-state index in [2.05, 4.69) is 16.8 Å². The molecule has 2 aromatic carbocycles. The van der Waals surface area contributed by atoms with Crippen LogP contribution >= 0.6 is 0 Å². The second-order valence-corrected chi connectivity index (χ2v) is 6.31. The van der Waals surface area contributed by atoms with Gasteiger partial charge in [0.1, 0.15) is 11.3 Å². The zero-order valence-electron chi connectivity index (χ0n) is 13.7. The molecule has 0 saturated carbocycles. The molecule has 4 heteroatoms. The summed E-state index contributed by atoms with van der Waals surface area (Å²) in [6.07, 6.45) is 0. The molecular weight excluding hydrogens is 300 g/mol. The molecule has 2 heterocycles. The van der Waals surface area contributed by atoms with Crippen molar-refractivity contribution in [3.8, 4) is 11.3 Å². The van der Waals surface area contributed by atoms with Crippen LogP contribution in [0, 0.1) is 0 Å². The summed E-state index contributed by atoms with van der Waals surface area (Å²) in [7, 11) is 2.14. The summed E-state index contributed by atoms with van der Waals surface area (Å²) in [6, 6.07) is 17.2. The van der Waals surface area contributed by atoms with Gasteiger partial charge in [0.25, 0.3) is 0 Å². The predicted molar refractivity (Wildman–Crippen MR) is 97.6 cm³/mol. The highest BCUT2D eigenvalue weighted by Crippen LogP contribution is 2.26. The molecule has 0 spiro atoms. The van der Waals surface area contributed by atoms with Crippen molar-refractivity contribution >= 4 is 16.7 Å². The Hall–Kier alpha value is -2.59. The Bertz CT molecular complexity index is 910. The lowest BCUT2D eigenvalue weighted by molar-refractivity contribution is 0.313. The van der Waals surface area contributed by atoms with Crippen LogP contribution in [0.4, 0.5) is 5.69 Å². The van der Waals surface area contributed by atoms with Gasteiger partial charge in [0.05, 0.1) is 5.39 Å². The van der Waals surface area contributed by atoms with Crippen LogP contribution in [0.25, 0.3) is 22.3 Å². The molecule has 0 atom stereocenters. The zero-order valence-corrected chi connectivity index (χ0v) is 13.7. The molecule has 1 fully saturated rings. The van der Waals surface area contributed by atoms with Gasteiger partial charge in [-0.2, -0.15) is 0 Å². The maximum absolute atomic E-state index is 12.4. The molecule has 24 heavy (non-hydrogen) atoms. The summed E-state index contributed by atoms with van der Waals surface area (Å²) in [4.78, 5) is 17.1. The van der Waals surface area contributed by atoms with Gasteiger partial charge in [0.2, 0.25) is 0 Å². The first-order chi connectivity index (χ1) is 11.7. The molecule has 0 unspecified atom stereocenters. The van der Waals surface area contributed by atoms with E-state index in [4.69, 9.17) is 4.42 Å². The predicted octanol–water partition coefficient (Wildman–Crippen LogP) is 3.21. The fourth-order valence-electron chi connectivity index (χ4n) is 3.15. The number of likely N-dealkylation sites (N-methyl/N-ethyl adjacent to an activating group) is 1. The number of hydrogen-bond donors (Lipinski definition) is 0. The van der Waals surface area contributed by atoms with Crippen LogP contribution in [0.3, 0.4) is 0 Å². The molecule has 1 aromatic heterocycles. The van der Waals surface area contributed by atoms with Crippen molar-refractivity contribution in [3.05, 3.63) is 64.8 Å². The molecule has 0 bridgehead atoms. The van der Waals surface area contributed by atoms with Crippen LogP contribution < -0.4 is 10.3 Å². The minimum absolute atomic E-state index is 0.0000283. The number of hydrogen-bond acceptors (Lipinski definition) is 4. The van der Waals surface area contributed by atoms with Crippen molar-refractivity contribution < 1.29 is 4.42 Å². The van der Waals surface area contributed by atoms with E-state index in [9.17, 15) is 4.79 Å². The molecule has 1 saturated heterocycles. The van der Waals surface area contributed by atoms with E-state index in [0.717, 1.165) is 37.4 Å². The third-order valence-corrected chi connectivity index (χ3v) is 4.64. The van der Waals surface area contributed by atoms with E-state index in [1.807, 2.05) is 48.5 Å². The van der Waals surface area contributed by atoms with Gasteiger partial charge in [0, 0.05) is 49.6 Å². The Balaban J connectivity index is 1.76. The van der Waals surface area contributed by atoms with Gasteiger partial charge >= 0.3 is 0 Å². The molecule has 1 aliphatic rings. The molecule has 4 rings (SSSR count). The van der Waals surface area contributed by atoms with E-state index in [1.54, 1.807) is 6.07 Å². The summed E-state index contributed by atoms with van der Waals surface area (Å²) in [5.41, 5.74) is 2.68. The van der Waals surface area contributed by atoms with E-state index < -0.39 is 0 Å². The van der Waals surface area contributed by atoms with Gasteiger partial charge in [-0.3, -0.25) is 4.79 Å². The van der Waals surface area contributed by atoms with Crippen molar-refractivity contribution in [2.75, 3.05) is 38.1 Å². The Morgan fingerprint density at radius 1 is 0.917 bits per heavy atom. The average molecular weight is 320 g/mol. The van der Waals surface area contributed by atoms with Gasteiger partial charge in [-0.15, -0.1) is 0 Å². The monoisotopic (exact) mass is 320 g/mol. The molecule has 4 nitrogen and oxygen atoms in total. The van der Waals surface area contributed by atoms with Gasteiger partial charge in [-0.05, 0) is 19.2 Å². The fourth-order valence-corrected chi connectivity index (χ4v) is 3.15. The van der Waals surface area contributed by atoms with Gasteiger partial charge in [0.15, 0.2) is 5.43 Å². The summed E-state index contributed by atoms with van der Waals surface area (Å²) >= 11 is 0. The molecular formula is C20H20N2O2. The molecule has 0 amide bonds. The molecule has 1 aliphatic heterocycles. The lowest BCUT2D eigenvalue weighted by Gasteiger charge is -2.34. The number of benzene rings is 2. The SMILES string of the molecule is CN1CCN(c2ccc3c(=O)cc(-c4ccccc4)oc3c2)CC1. The normalized spacial score (nSPS) is 15.8. The minimum atomic E-state index is 0.0000283. The summed E-state index contributed by atoms with van der Waals surface area (Å²) in [5, 5.41) is 0.632. The van der Waals surface area contributed by atoms with E-state index in [-0.39, 0.29) is 5.43 Å². The van der Waals surface area contributed by atoms with E-state index in [0.29, 0.717) is 16.7 Å². The summed E-state index contributed by atoms with van der Waals surface area (Å²) in [5.74, 6) is 0.614. The number of piperazine rings is 1. The first-order valence-corrected chi connectivity index (χ1v) is 8.27. The maximum Gasteiger partial charge on any atom is 0.193 e. The molecule has 122 valence electrons. The Morgan fingerprint density at radius 2 is 1.67 bits per heavy atom. The second kappa shape index (κ2) is 6.13. The lowest BCUT2D eigenvalue weighted by Crippen LogP contribution is -2.44. The first-order valence-electron chi connectivity index (χ1n) is 8.27. The molecule has 0 aliphatic carbocycles. The van der Waals surface area contributed by atoms with Crippen LogP contribution in [-0.2, 0) is 0 Å². The Morgan fingerprint density at radius 3 is 2.42 bits per heavy atom.